The minimum Gasteiger partial charge on any atom is -0.0654 e. The van der Waals surface area contributed by atoms with Gasteiger partial charge in [-0.05, 0) is 5.92 Å². The van der Waals surface area contributed by atoms with Gasteiger partial charge in [-0.25, -0.2) is 0 Å². The molecule has 62 valence electrons. The van der Waals surface area contributed by atoms with Gasteiger partial charge in [-0.15, -0.1) is 0 Å². The lowest BCUT2D eigenvalue weighted by Gasteiger charge is -2.12. The molecular formula is C9H22Si. The fourth-order valence-corrected chi connectivity index (χ4v) is 2.83. The predicted molar refractivity (Wildman–Crippen MR) is 52.7 cm³/mol. The van der Waals surface area contributed by atoms with Crippen molar-refractivity contribution in [2.24, 2.45) is 5.92 Å². The van der Waals surface area contributed by atoms with Crippen LogP contribution in [0, 0.1) is 5.92 Å². The molecule has 0 aromatic heterocycles. The average Bonchev–Trinajstić information content (AvgIpc) is 1.82. The third kappa shape index (κ3) is 6.34. The van der Waals surface area contributed by atoms with Gasteiger partial charge in [0.2, 0.25) is 0 Å². The third-order valence-corrected chi connectivity index (χ3v) is 2.97. The van der Waals surface area contributed by atoms with E-state index in [-0.39, 0.29) is 0 Å². The van der Waals surface area contributed by atoms with Gasteiger partial charge in [0.05, 0.1) is 0 Å². The van der Waals surface area contributed by atoms with E-state index in [0.29, 0.717) is 0 Å². The summed E-state index contributed by atoms with van der Waals surface area (Å²) in [6.45, 7) is 6.94. The maximum Gasteiger partial charge on any atom is 0.00674 e. The molecule has 0 aromatic rings. The van der Waals surface area contributed by atoms with E-state index in [0.717, 1.165) is 11.5 Å². The SMILES string of the molecule is CCCCC([SiH3])CC(C)C. The van der Waals surface area contributed by atoms with Crippen molar-refractivity contribution in [2.45, 2.75) is 52.0 Å². The molecule has 0 spiro atoms. The molecule has 0 radical (unpaired) electrons. The van der Waals surface area contributed by atoms with Crippen LogP contribution in [0.4, 0.5) is 0 Å². The molecule has 1 unspecified atom stereocenters. The minimum atomic E-state index is 0.916. The second-order valence-corrected chi connectivity index (χ2v) is 5.51. The highest BCUT2D eigenvalue weighted by Gasteiger charge is 2.03. The van der Waals surface area contributed by atoms with Crippen LogP contribution in [0.2, 0.25) is 5.54 Å². The predicted octanol–water partition coefficient (Wildman–Crippen LogP) is 2.38. The number of hydrogen-bond donors (Lipinski definition) is 0. The Bertz CT molecular complexity index is 69.1. The van der Waals surface area contributed by atoms with Crippen LogP contribution in [-0.4, -0.2) is 10.2 Å². The second-order valence-electron chi connectivity index (χ2n) is 3.88. The monoisotopic (exact) mass is 158 g/mol. The summed E-state index contributed by atoms with van der Waals surface area (Å²) in [4.78, 5) is 0. The molecule has 1 heteroatoms. The first kappa shape index (κ1) is 10.2. The molecule has 1 atom stereocenters. The molecule has 0 N–H and O–H groups in total. The van der Waals surface area contributed by atoms with Crippen LogP contribution in [-0.2, 0) is 0 Å². The Hall–Kier alpha value is 0.217. The van der Waals surface area contributed by atoms with Crippen molar-refractivity contribution >= 4 is 10.2 Å². The van der Waals surface area contributed by atoms with Crippen LogP contribution in [0.5, 0.6) is 0 Å². The van der Waals surface area contributed by atoms with Gasteiger partial charge in [0, 0.05) is 10.2 Å². The molecule has 0 amide bonds. The smallest absolute Gasteiger partial charge is 0.00674 e. The van der Waals surface area contributed by atoms with Crippen LogP contribution in [0.1, 0.15) is 46.5 Å². The van der Waals surface area contributed by atoms with Gasteiger partial charge in [0.25, 0.3) is 0 Å². The van der Waals surface area contributed by atoms with Crippen molar-refractivity contribution < 1.29 is 0 Å². The zero-order valence-electron chi connectivity index (χ0n) is 7.98. The van der Waals surface area contributed by atoms with E-state index in [2.05, 4.69) is 20.8 Å². The van der Waals surface area contributed by atoms with Gasteiger partial charge in [-0.2, -0.15) is 0 Å². The molecule has 0 aliphatic heterocycles. The van der Waals surface area contributed by atoms with Gasteiger partial charge in [-0.3, -0.25) is 0 Å². The Labute approximate surface area is 68.8 Å². The first-order chi connectivity index (χ1) is 4.66. The van der Waals surface area contributed by atoms with Gasteiger partial charge in [0.1, 0.15) is 0 Å². The Morgan fingerprint density at radius 1 is 1.30 bits per heavy atom. The summed E-state index contributed by atoms with van der Waals surface area (Å²) < 4.78 is 0. The highest BCUT2D eigenvalue weighted by molar-refractivity contribution is 6.11. The highest BCUT2D eigenvalue weighted by atomic mass is 28.1. The lowest BCUT2D eigenvalue weighted by atomic mass is 10.0. The van der Waals surface area contributed by atoms with Crippen molar-refractivity contribution in [2.75, 3.05) is 0 Å². The zero-order valence-corrected chi connectivity index (χ0v) is 9.98. The van der Waals surface area contributed by atoms with E-state index >= 15 is 0 Å². The molecule has 0 aromatic carbocycles. The highest BCUT2D eigenvalue weighted by Crippen LogP contribution is 2.19. The van der Waals surface area contributed by atoms with Crippen LogP contribution >= 0.6 is 0 Å². The van der Waals surface area contributed by atoms with Crippen molar-refractivity contribution in [1.82, 2.24) is 0 Å². The summed E-state index contributed by atoms with van der Waals surface area (Å²) >= 11 is 0. The largest absolute Gasteiger partial charge is 0.0654 e. The maximum absolute atomic E-state index is 2.33. The fourth-order valence-electron chi connectivity index (χ4n) is 1.48. The Morgan fingerprint density at radius 2 is 1.90 bits per heavy atom. The Morgan fingerprint density at radius 3 is 2.30 bits per heavy atom. The summed E-state index contributed by atoms with van der Waals surface area (Å²) in [6.07, 6.45) is 5.77. The first-order valence-corrected chi connectivity index (χ1v) is 5.82. The Balaban J connectivity index is 3.16. The van der Waals surface area contributed by atoms with Crippen molar-refractivity contribution in [3.8, 4) is 0 Å². The topological polar surface area (TPSA) is 0 Å². The number of rotatable bonds is 5. The van der Waals surface area contributed by atoms with E-state index in [9.17, 15) is 0 Å². The summed E-state index contributed by atoms with van der Waals surface area (Å²) in [5, 5.41) is 0. The number of unbranched alkanes of at least 4 members (excludes halogenated alkanes) is 1. The molecule has 0 saturated carbocycles. The quantitative estimate of drug-likeness (QED) is 0.539. The van der Waals surface area contributed by atoms with Gasteiger partial charge < -0.3 is 0 Å². The normalized spacial score (nSPS) is 14.4. The fraction of sp³-hybridized carbons (Fsp3) is 1.00. The second kappa shape index (κ2) is 5.96. The lowest BCUT2D eigenvalue weighted by Crippen LogP contribution is -1.97. The summed E-state index contributed by atoms with van der Waals surface area (Å²) in [6, 6.07) is 0. The Kier molecular flexibility index (Phi) is 6.09. The van der Waals surface area contributed by atoms with E-state index in [1.165, 1.54) is 35.9 Å². The lowest BCUT2D eigenvalue weighted by molar-refractivity contribution is 0.525. The average molecular weight is 158 g/mol. The molecule has 0 aliphatic carbocycles. The van der Waals surface area contributed by atoms with Crippen LogP contribution < -0.4 is 0 Å². The molecule has 0 fully saturated rings. The van der Waals surface area contributed by atoms with Crippen LogP contribution in [0.25, 0.3) is 0 Å². The summed E-state index contributed by atoms with van der Waals surface area (Å²) in [7, 11) is 1.40. The molecule has 0 bridgehead atoms. The molecule has 0 rings (SSSR count). The van der Waals surface area contributed by atoms with E-state index in [1.54, 1.807) is 0 Å². The first-order valence-electron chi connectivity index (χ1n) is 4.66. The van der Waals surface area contributed by atoms with Gasteiger partial charge >= 0.3 is 0 Å². The van der Waals surface area contributed by atoms with Crippen molar-refractivity contribution in [1.29, 1.82) is 0 Å². The molecular weight excluding hydrogens is 136 g/mol. The van der Waals surface area contributed by atoms with Gasteiger partial charge in [0.15, 0.2) is 0 Å². The third-order valence-electron chi connectivity index (χ3n) is 1.92. The molecule has 0 nitrogen and oxygen atoms in total. The van der Waals surface area contributed by atoms with Crippen LogP contribution in [0.3, 0.4) is 0 Å². The molecule has 0 aliphatic rings. The molecule has 0 heterocycles. The van der Waals surface area contributed by atoms with E-state index in [1.807, 2.05) is 0 Å². The van der Waals surface area contributed by atoms with Gasteiger partial charge in [-0.1, -0.05) is 52.0 Å². The summed E-state index contributed by atoms with van der Waals surface area (Å²) in [5.41, 5.74) is 1.08. The molecule has 10 heavy (non-hydrogen) atoms. The van der Waals surface area contributed by atoms with Crippen LogP contribution in [0.15, 0.2) is 0 Å². The van der Waals surface area contributed by atoms with Crippen molar-refractivity contribution in [3.05, 3.63) is 0 Å². The summed E-state index contributed by atoms with van der Waals surface area (Å²) in [5.74, 6) is 0.916. The standard InChI is InChI=1S/C9H22Si/c1-4-5-6-9(10)7-8(2)3/h8-9H,4-7H2,1-3,10H3. The molecule has 0 saturated heterocycles. The minimum absolute atomic E-state index is 0.916. The maximum atomic E-state index is 2.33. The zero-order chi connectivity index (χ0) is 7.98. The van der Waals surface area contributed by atoms with Crippen molar-refractivity contribution in [3.63, 3.8) is 0 Å². The van der Waals surface area contributed by atoms with E-state index < -0.39 is 0 Å². The number of hydrogen-bond acceptors (Lipinski definition) is 0. The van der Waals surface area contributed by atoms with E-state index in [4.69, 9.17) is 0 Å².